The van der Waals surface area contributed by atoms with Crippen LogP contribution in [-0.4, -0.2) is 0 Å². The van der Waals surface area contributed by atoms with Crippen LogP contribution in [0.15, 0.2) is 42.5 Å². The Hall–Kier alpha value is -1.58. The van der Waals surface area contributed by atoms with E-state index in [-0.39, 0.29) is 12.4 Å². The molecule has 0 amide bonds. The average molecular weight is 266 g/mol. The fourth-order valence-corrected chi connectivity index (χ4v) is 1.70. The van der Waals surface area contributed by atoms with E-state index in [0.717, 1.165) is 11.3 Å². The van der Waals surface area contributed by atoms with Crippen LogP contribution in [0.4, 0.5) is 4.39 Å². The second-order valence-electron chi connectivity index (χ2n) is 3.87. The highest BCUT2D eigenvalue weighted by Crippen LogP contribution is 2.17. The standard InChI is InChI=1S/C14H13ClFNO/c15-12-2-4-13(5-3-12)18-9-10-1-6-14(16)11(7-10)8-17/h1-7H,8-9,17H2. The van der Waals surface area contributed by atoms with Gasteiger partial charge in [-0.2, -0.15) is 0 Å². The third kappa shape index (κ3) is 3.22. The summed E-state index contributed by atoms with van der Waals surface area (Å²) in [4.78, 5) is 0. The maximum atomic E-state index is 13.2. The van der Waals surface area contributed by atoms with Gasteiger partial charge in [0, 0.05) is 17.1 Å². The van der Waals surface area contributed by atoms with Crippen molar-refractivity contribution < 1.29 is 9.13 Å². The summed E-state index contributed by atoms with van der Waals surface area (Å²) >= 11 is 5.77. The molecule has 0 aromatic heterocycles. The fourth-order valence-electron chi connectivity index (χ4n) is 1.57. The molecule has 0 atom stereocenters. The van der Waals surface area contributed by atoms with E-state index >= 15 is 0 Å². The van der Waals surface area contributed by atoms with E-state index in [1.54, 1.807) is 36.4 Å². The predicted molar refractivity (Wildman–Crippen MR) is 70.1 cm³/mol. The summed E-state index contributed by atoms with van der Waals surface area (Å²) in [5, 5.41) is 0.662. The Bertz CT molecular complexity index is 528. The van der Waals surface area contributed by atoms with Gasteiger partial charge in [-0.1, -0.05) is 17.7 Å². The van der Waals surface area contributed by atoms with Crippen LogP contribution in [0.25, 0.3) is 0 Å². The molecule has 0 fully saturated rings. The zero-order valence-electron chi connectivity index (χ0n) is 9.70. The molecule has 2 aromatic carbocycles. The first kappa shape index (κ1) is 12.9. The SMILES string of the molecule is NCc1cc(COc2ccc(Cl)cc2)ccc1F. The monoisotopic (exact) mass is 265 g/mol. The van der Waals surface area contributed by atoms with Crippen molar-refractivity contribution in [2.45, 2.75) is 13.2 Å². The molecule has 0 bridgehead atoms. The van der Waals surface area contributed by atoms with Crippen LogP contribution < -0.4 is 10.5 Å². The topological polar surface area (TPSA) is 35.2 Å². The van der Waals surface area contributed by atoms with Crippen LogP contribution in [0, 0.1) is 5.82 Å². The molecule has 2 aromatic rings. The van der Waals surface area contributed by atoms with Gasteiger partial charge in [0.05, 0.1) is 0 Å². The van der Waals surface area contributed by atoms with Crippen molar-refractivity contribution in [2.75, 3.05) is 0 Å². The van der Waals surface area contributed by atoms with Crippen LogP contribution in [0.5, 0.6) is 5.75 Å². The summed E-state index contributed by atoms with van der Waals surface area (Å²) in [7, 11) is 0. The van der Waals surface area contributed by atoms with Crippen molar-refractivity contribution in [1.82, 2.24) is 0 Å². The Morgan fingerprint density at radius 1 is 1.11 bits per heavy atom. The summed E-state index contributed by atoms with van der Waals surface area (Å²) in [6.45, 7) is 0.551. The van der Waals surface area contributed by atoms with E-state index in [4.69, 9.17) is 22.1 Å². The predicted octanol–water partition coefficient (Wildman–Crippen LogP) is 3.52. The van der Waals surface area contributed by atoms with E-state index in [1.807, 2.05) is 0 Å². The number of nitrogens with two attached hydrogens (primary N) is 1. The number of benzene rings is 2. The number of rotatable bonds is 4. The van der Waals surface area contributed by atoms with E-state index in [2.05, 4.69) is 0 Å². The lowest BCUT2D eigenvalue weighted by Crippen LogP contribution is -2.02. The van der Waals surface area contributed by atoms with E-state index in [0.29, 0.717) is 17.2 Å². The molecule has 0 radical (unpaired) electrons. The molecule has 94 valence electrons. The third-order valence-corrected chi connectivity index (χ3v) is 2.80. The van der Waals surface area contributed by atoms with Gasteiger partial charge in [0.1, 0.15) is 18.2 Å². The molecule has 2 nitrogen and oxygen atoms in total. The lowest BCUT2D eigenvalue weighted by molar-refractivity contribution is 0.306. The Labute approximate surface area is 110 Å². The number of halogens is 2. The molecular formula is C14H13ClFNO. The van der Waals surface area contributed by atoms with Crippen molar-refractivity contribution >= 4 is 11.6 Å². The highest BCUT2D eigenvalue weighted by molar-refractivity contribution is 6.30. The Balaban J connectivity index is 2.04. The van der Waals surface area contributed by atoms with Gasteiger partial charge in [-0.15, -0.1) is 0 Å². The van der Waals surface area contributed by atoms with Crippen molar-refractivity contribution in [1.29, 1.82) is 0 Å². The minimum atomic E-state index is -0.284. The van der Waals surface area contributed by atoms with E-state index in [9.17, 15) is 4.39 Å². The minimum absolute atomic E-state index is 0.181. The molecule has 2 N–H and O–H groups in total. The summed E-state index contributed by atoms with van der Waals surface area (Å²) in [5.74, 6) is 0.436. The van der Waals surface area contributed by atoms with E-state index in [1.165, 1.54) is 6.07 Å². The van der Waals surface area contributed by atoms with Gasteiger partial charge in [-0.3, -0.25) is 0 Å². The zero-order chi connectivity index (χ0) is 13.0. The molecule has 18 heavy (non-hydrogen) atoms. The van der Waals surface area contributed by atoms with Crippen molar-refractivity contribution in [3.05, 3.63) is 64.4 Å². The van der Waals surface area contributed by atoms with Gasteiger partial charge in [-0.25, -0.2) is 4.39 Å². The lowest BCUT2D eigenvalue weighted by Gasteiger charge is -2.08. The maximum absolute atomic E-state index is 13.2. The molecular weight excluding hydrogens is 253 g/mol. The summed E-state index contributed by atoms with van der Waals surface area (Å²) in [5.41, 5.74) is 6.82. The van der Waals surface area contributed by atoms with Crippen LogP contribution in [0.1, 0.15) is 11.1 Å². The van der Waals surface area contributed by atoms with Gasteiger partial charge < -0.3 is 10.5 Å². The maximum Gasteiger partial charge on any atom is 0.127 e. The largest absolute Gasteiger partial charge is 0.489 e. The lowest BCUT2D eigenvalue weighted by atomic mass is 10.1. The molecule has 0 saturated carbocycles. The minimum Gasteiger partial charge on any atom is -0.489 e. The average Bonchev–Trinajstić information content (AvgIpc) is 2.39. The number of hydrogen-bond donors (Lipinski definition) is 1. The van der Waals surface area contributed by atoms with Crippen LogP contribution in [0.3, 0.4) is 0 Å². The first-order valence-electron chi connectivity index (χ1n) is 5.55. The molecule has 0 spiro atoms. The molecule has 0 aliphatic carbocycles. The highest BCUT2D eigenvalue weighted by atomic mass is 35.5. The van der Waals surface area contributed by atoms with Gasteiger partial charge in [0.15, 0.2) is 0 Å². The first-order valence-corrected chi connectivity index (χ1v) is 5.92. The summed E-state index contributed by atoms with van der Waals surface area (Å²) in [6, 6.07) is 11.9. The van der Waals surface area contributed by atoms with Gasteiger partial charge >= 0.3 is 0 Å². The Morgan fingerprint density at radius 2 is 1.83 bits per heavy atom. The smallest absolute Gasteiger partial charge is 0.127 e. The van der Waals surface area contributed by atoms with Crippen LogP contribution >= 0.6 is 11.6 Å². The Kier molecular flexibility index (Phi) is 4.18. The molecule has 0 aliphatic heterocycles. The number of ether oxygens (including phenoxy) is 1. The van der Waals surface area contributed by atoms with Gasteiger partial charge in [-0.05, 0) is 42.0 Å². The third-order valence-electron chi connectivity index (χ3n) is 2.55. The summed E-state index contributed by atoms with van der Waals surface area (Å²) in [6.07, 6.45) is 0. The second-order valence-corrected chi connectivity index (χ2v) is 4.31. The first-order chi connectivity index (χ1) is 8.69. The van der Waals surface area contributed by atoms with Crippen LogP contribution in [0.2, 0.25) is 5.02 Å². The van der Waals surface area contributed by atoms with Gasteiger partial charge in [0.25, 0.3) is 0 Å². The van der Waals surface area contributed by atoms with Crippen molar-refractivity contribution in [2.24, 2.45) is 5.73 Å². The highest BCUT2D eigenvalue weighted by Gasteiger charge is 2.02. The van der Waals surface area contributed by atoms with E-state index < -0.39 is 0 Å². The molecule has 0 aliphatic rings. The molecule has 0 saturated heterocycles. The quantitative estimate of drug-likeness (QED) is 0.918. The Morgan fingerprint density at radius 3 is 2.50 bits per heavy atom. The van der Waals surface area contributed by atoms with Crippen molar-refractivity contribution in [3.63, 3.8) is 0 Å². The molecule has 0 heterocycles. The van der Waals surface area contributed by atoms with Crippen LogP contribution in [-0.2, 0) is 13.2 Å². The fraction of sp³-hybridized carbons (Fsp3) is 0.143. The molecule has 0 unspecified atom stereocenters. The number of hydrogen-bond acceptors (Lipinski definition) is 2. The molecule has 2 rings (SSSR count). The van der Waals surface area contributed by atoms with Gasteiger partial charge in [0.2, 0.25) is 0 Å². The second kappa shape index (κ2) is 5.85. The normalized spacial score (nSPS) is 10.4. The molecule has 4 heteroatoms. The summed E-state index contributed by atoms with van der Waals surface area (Å²) < 4.78 is 18.8. The zero-order valence-corrected chi connectivity index (χ0v) is 10.5. The van der Waals surface area contributed by atoms with Crippen molar-refractivity contribution in [3.8, 4) is 5.75 Å².